The predicted molar refractivity (Wildman–Crippen MR) is 85.2 cm³/mol. The Kier molecular flexibility index (Phi) is 6.06. The van der Waals surface area contributed by atoms with Crippen LogP contribution in [0.15, 0.2) is 0 Å². The molecule has 3 unspecified atom stereocenters. The number of hydrogen-bond acceptors (Lipinski definition) is 4. The second-order valence-corrected chi connectivity index (χ2v) is 6.97. The van der Waals surface area contributed by atoms with E-state index in [1.165, 1.54) is 45.3 Å². The van der Waals surface area contributed by atoms with Gasteiger partial charge in [-0.2, -0.15) is 0 Å². The summed E-state index contributed by atoms with van der Waals surface area (Å²) in [5, 5.41) is 3.14. The van der Waals surface area contributed by atoms with Crippen LogP contribution in [-0.2, 0) is 9.53 Å². The van der Waals surface area contributed by atoms with Crippen LogP contribution >= 0.6 is 0 Å². The fourth-order valence-electron chi connectivity index (χ4n) is 3.95. The minimum absolute atomic E-state index is 0.122. The molecule has 0 radical (unpaired) electrons. The molecule has 2 rings (SSSR count). The summed E-state index contributed by atoms with van der Waals surface area (Å²) in [6.07, 6.45) is 7.44. The van der Waals surface area contributed by atoms with Crippen LogP contribution < -0.4 is 5.32 Å². The van der Waals surface area contributed by atoms with Gasteiger partial charge in [-0.15, -0.1) is 0 Å². The van der Waals surface area contributed by atoms with Crippen molar-refractivity contribution in [1.29, 1.82) is 0 Å². The molecule has 4 nitrogen and oxygen atoms in total. The van der Waals surface area contributed by atoms with Crippen molar-refractivity contribution in [1.82, 2.24) is 10.2 Å². The molecule has 4 heteroatoms. The molecule has 1 saturated heterocycles. The lowest BCUT2D eigenvalue weighted by molar-refractivity contribution is -0.150. The minimum atomic E-state index is -0.530. The van der Waals surface area contributed by atoms with E-state index in [1.807, 2.05) is 20.9 Å². The first-order chi connectivity index (χ1) is 10.1. The SMILES string of the molecule is CCOC(=O)C(C)(CCCCN1CC2CCCC2C1)NC. The van der Waals surface area contributed by atoms with Crippen LogP contribution in [0.5, 0.6) is 0 Å². The van der Waals surface area contributed by atoms with E-state index in [-0.39, 0.29) is 5.97 Å². The summed E-state index contributed by atoms with van der Waals surface area (Å²) >= 11 is 0. The third kappa shape index (κ3) is 4.19. The third-order valence-corrected chi connectivity index (χ3v) is 5.48. The number of ether oxygens (including phenoxy) is 1. The maximum atomic E-state index is 12.0. The summed E-state index contributed by atoms with van der Waals surface area (Å²) in [4.78, 5) is 14.6. The van der Waals surface area contributed by atoms with Crippen molar-refractivity contribution in [2.75, 3.05) is 33.3 Å². The average Bonchev–Trinajstić information content (AvgIpc) is 3.04. The fourth-order valence-corrected chi connectivity index (χ4v) is 3.95. The van der Waals surface area contributed by atoms with E-state index < -0.39 is 5.54 Å². The lowest BCUT2D eigenvalue weighted by Gasteiger charge is -2.27. The number of rotatable bonds is 8. The Morgan fingerprint density at radius 3 is 2.52 bits per heavy atom. The number of nitrogens with one attached hydrogen (secondary N) is 1. The summed E-state index contributed by atoms with van der Waals surface area (Å²) in [5.41, 5.74) is -0.530. The Labute approximate surface area is 129 Å². The summed E-state index contributed by atoms with van der Waals surface area (Å²) in [6, 6.07) is 0. The molecule has 2 aliphatic rings. The molecule has 0 aromatic heterocycles. The van der Waals surface area contributed by atoms with Crippen molar-refractivity contribution in [3.05, 3.63) is 0 Å². The van der Waals surface area contributed by atoms with Gasteiger partial charge in [-0.05, 0) is 71.4 Å². The zero-order valence-corrected chi connectivity index (χ0v) is 14.0. The van der Waals surface area contributed by atoms with Crippen LogP contribution in [0.25, 0.3) is 0 Å². The van der Waals surface area contributed by atoms with Crippen LogP contribution in [0.3, 0.4) is 0 Å². The second kappa shape index (κ2) is 7.59. The molecule has 0 amide bonds. The quantitative estimate of drug-likeness (QED) is 0.552. The normalized spacial score (nSPS) is 28.3. The largest absolute Gasteiger partial charge is 0.465 e. The standard InChI is InChI=1S/C17H32N2O2/c1-4-21-16(20)17(2,18-3)10-5-6-11-19-12-14-8-7-9-15(14)13-19/h14-15,18H,4-13H2,1-3H3. The maximum absolute atomic E-state index is 12.0. The predicted octanol–water partition coefficient (Wildman–Crippen LogP) is 2.43. The van der Waals surface area contributed by atoms with Gasteiger partial charge in [0.25, 0.3) is 0 Å². The number of esters is 1. The Balaban J connectivity index is 1.65. The molecule has 1 heterocycles. The molecule has 122 valence electrons. The monoisotopic (exact) mass is 296 g/mol. The van der Waals surface area contributed by atoms with Gasteiger partial charge in [-0.1, -0.05) is 6.42 Å². The molecular weight excluding hydrogens is 264 g/mol. The van der Waals surface area contributed by atoms with Gasteiger partial charge in [0.15, 0.2) is 0 Å². The summed E-state index contributed by atoms with van der Waals surface area (Å²) < 4.78 is 5.17. The van der Waals surface area contributed by atoms with Gasteiger partial charge >= 0.3 is 5.97 Å². The van der Waals surface area contributed by atoms with Crippen molar-refractivity contribution in [2.45, 2.75) is 57.9 Å². The number of carbonyl (C=O) groups is 1. The molecule has 1 aliphatic carbocycles. The lowest BCUT2D eigenvalue weighted by Crippen LogP contribution is -2.48. The summed E-state index contributed by atoms with van der Waals surface area (Å²) in [7, 11) is 1.85. The van der Waals surface area contributed by atoms with Gasteiger partial charge in [0.1, 0.15) is 5.54 Å². The zero-order chi connectivity index (χ0) is 15.3. The number of likely N-dealkylation sites (N-methyl/N-ethyl adjacent to an activating group) is 1. The van der Waals surface area contributed by atoms with Gasteiger partial charge in [-0.25, -0.2) is 0 Å². The molecule has 1 aliphatic heterocycles. The molecule has 1 N–H and O–H groups in total. The number of unbranched alkanes of at least 4 members (excludes halogenated alkanes) is 1. The smallest absolute Gasteiger partial charge is 0.326 e. The zero-order valence-electron chi connectivity index (χ0n) is 14.0. The number of fused-ring (bicyclic) bond motifs is 1. The Hall–Kier alpha value is -0.610. The van der Waals surface area contributed by atoms with Gasteiger partial charge in [-0.3, -0.25) is 4.79 Å². The highest BCUT2D eigenvalue weighted by atomic mass is 16.5. The molecule has 0 aromatic carbocycles. The van der Waals surface area contributed by atoms with Crippen molar-refractivity contribution < 1.29 is 9.53 Å². The van der Waals surface area contributed by atoms with Gasteiger partial charge in [0.05, 0.1) is 6.61 Å². The number of hydrogen-bond donors (Lipinski definition) is 1. The van der Waals surface area contributed by atoms with E-state index in [0.717, 1.165) is 24.7 Å². The van der Waals surface area contributed by atoms with Crippen LogP contribution in [-0.4, -0.2) is 49.7 Å². The Morgan fingerprint density at radius 1 is 1.29 bits per heavy atom. The number of likely N-dealkylation sites (tertiary alicyclic amines) is 1. The third-order valence-electron chi connectivity index (χ3n) is 5.48. The molecule has 0 bridgehead atoms. The molecule has 0 spiro atoms. The van der Waals surface area contributed by atoms with Gasteiger partial charge in [0.2, 0.25) is 0 Å². The molecule has 1 saturated carbocycles. The van der Waals surface area contributed by atoms with Crippen LogP contribution in [0.1, 0.15) is 52.4 Å². The number of nitrogens with zero attached hydrogens (tertiary/aromatic N) is 1. The van der Waals surface area contributed by atoms with Crippen LogP contribution in [0.4, 0.5) is 0 Å². The highest BCUT2D eigenvalue weighted by molar-refractivity contribution is 5.80. The topological polar surface area (TPSA) is 41.6 Å². The number of carbonyl (C=O) groups excluding carboxylic acids is 1. The first kappa shape index (κ1) is 16.8. The minimum Gasteiger partial charge on any atom is -0.465 e. The Morgan fingerprint density at radius 2 is 1.95 bits per heavy atom. The summed E-state index contributed by atoms with van der Waals surface area (Å²) in [6.45, 7) is 8.07. The summed E-state index contributed by atoms with van der Waals surface area (Å²) in [5.74, 6) is 1.84. The van der Waals surface area contributed by atoms with Gasteiger partial charge in [0, 0.05) is 13.1 Å². The van der Waals surface area contributed by atoms with Crippen molar-refractivity contribution >= 4 is 5.97 Å². The highest BCUT2D eigenvalue weighted by Gasteiger charge is 2.36. The average molecular weight is 296 g/mol. The van der Waals surface area contributed by atoms with Gasteiger partial charge < -0.3 is 15.0 Å². The van der Waals surface area contributed by atoms with E-state index in [4.69, 9.17) is 4.74 Å². The molecule has 3 atom stereocenters. The molecule has 21 heavy (non-hydrogen) atoms. The van der Waals surface area contributed by atoms with E-state index in [0.29, 0.717) is 6.61 Å². The Bertz CT molecular complexity index is 336. The molecular formula is C17H32N2O2. The maximum Gasteiger partial charge on any atom is 0.326 e. The fraction of sp³-hybridized carbons (Fsp3) is 0.941. The van der Waals surface area contributed by atoms with Crippen molar-refractivity contribution in [3.63, 3.8) is 0 Å². The second-order valence-electron chi connectivity index (χ2n) is 6.97. The van der Waals surface area contributed by atoms with Crippen LogP contribution in [0, 0.1) is 11.8 Å². The highest BCUT2D eigenvalue weighted by Crippen LogP contribution is 2.37. The van der Waals surface area contributed by atoms with E-state index in [1.54, 1.807) is 0 Å². The molecule has 0 aromatic rings. The van der Waals surface area contributed by atoms with Crippen molar-refractivity contribution in [2.24, 2.45) is 11.8 Å². The first-order valence-corrected chi connectivity index (χ1v) is 8.67. The van der Waals surface area contributed by atoms with Crippen LogP contribution in [0.2, 0.25) is 0 Å². The lowest BCUT2D eigenvalue weighted by atomic mass is 9.95. The van der Waals surface area contributed by atoms with E-state index in [9.17, 15) is 4.79 Å². The first-order valence-electron chi connectivity index (χ1n) is 8.67. The molecule has 2 fully saturated rings. The van der Waals surface area contributed by atoms with Crippen molar-refractivity contribution in [3.8, 4) is 0 Å². The van der Waals surface area contributed by atoms with E-state index in [2.05, 4.69) is 10.2 Å². The van der Waals surface area contributed by atoms with E-state index >= 15 is 0 Å².